The molecule has 4 nitrogen and oxygen atoms in total. The summed E-state index contributed by atoms with van der Waals surface area (Å²) < 4.78 is 19.6. The van der Waals surface area contributed by atoms with Gasteiger partial charge in [-0.25, -0.2) is 4.39 Å². The number of carbonyl (C=O) groups is 1. The number of amides is 1. The van der Waals surface area contributed by atoms with Crippen molar-refractivity contribution < 1.29 is 13.9 Å². The first-order valence-corrected chi connectivity index (χ1v) is 8.35. The van der Waals surface area contributed by atoms with Crippen LogP contribution in [-0.2, 0) is 5.41 Å². The Hall–Kier alpha value is -2.56. The van der Waals surface area contributed by atoms with Crippen LogP contribution in [0.5, 0.6) is 5.75 Å². The van der Waals surface area contributed by atoms with E-state index < -0.39 is 0 Å². The van der Waals surface area contributed by atoms with Crippen molar-refractivity contribution in [2.45, 2.75) is 32.3 Å². The zero-order valence-electron chi connectivity index (χ0n) is 14.8. The van der Waals surface area contributed by atoms with Gasteiger partial charge in [0.15, 0.2) is 0 Å². The maximum Gasteiger partial charge on any atom is 0.254 e. The lowest BCUT2D eigenvalue weighted by atomic mass is 9.86. The van der Waals surface area contributed by atoms with E-state index in [1.807, 2.05) is 20.8 Å². The largest absolute Gasteiger partial charge is 0.486 e. The molecule has 1 aliphatic heterocycles. The third kappa shape index (κ3) is 3.76. The van der Waals surface area contributed by atoms with Gasteiger partial charge in [-0.05, 0) is 47.9 Å². The molecular weight excluding hydrogens is 319 g/mol. The first kappa shape index (κ1) is 17.3. The van der Waals surface area contributed by atoms with E-state index in [9.17, 15) is 9.18 Å². The molecule has 132 valence electrons. The molecule has 2 N–H and O–H groups in total. The van der Waals surface area contributed by atoms with Crippen LogP contribution in [0.1, 0.15) is 36.7 Å². The first-order chi connectivity index (χ1) is 11.7. The van der Waals surface area contributed by atoms with Crippen molar-refractivity contribution in [1.82, 2.24) is 4.90 Å². The van der Waals surface area contributed by atoms with Crippen LogP contribution in [0.25, 0.3) is 0 Å². The van der Waals surface area contributed by atoms with Crippen LogP contribution in [0.15, 0.2) is 42.5 Å². The van der Waals surface area contributed by atoms with Crippen LogP contribution in [0.2, 0.25) is 0 Å². The normalized spacial score (nSPS) is 15.0. The molecule has 2 aromatic carbocycles. The molecule has 1 saturated heterocycles. The molecule has 25 heavy (non-hydrogen) atoms. The highest BCUT2D eigenvalue weighted by Crippen LogP contribution is 2.33. The molecule has 1 aliphatic rings. The Morgan fingerprint density at radius 1 is 1.16 bits per heavy atom. The zero-order chi connectivity index (χ0) is 18.2. The number of likely N-dealkylation sites (tertiary alicyclic amines) is 1. The number of rotatable bonds is 3. The highest BCUT2D eigenvalue weighted by molar-refractivity contribution is 5.95. The number of carbonyl (C=O) groups excluding carboxylic acids is 1. The van der Waals surface area contributed by atoms with Gasteiger partial charge in [0.2, 0.25) is 0 Å². The monoisotopic (exact) mass is 342 g/mol. The molecule has 0 aliphatic carbocycles. The minimum atomic E-state index is -0.272. The molecule has 1 amide bonds. The first-order valence-electron chi connectivity index (χ1n) is 8.35. The summed E-state index contributed by atoms with van der Waals surface area (Å²) >= 11 is 0. The van der Waals surface area contributed by atoms with Crippen molar-refractivity contribution in [2.24, 2.45) is 0 Å². The zero-order valence-corrected chi connectivity index (χ0v) is 14.8. The Bertz CT molecular complexity index is 775. The van der Waals surface area contributed by atoms with E-state index in [-0.39, 0.29) is 23.2 Å². The highest BCUT2D eigenvalue weighted by Gasteiger charge is 2.34. The van der Waals surface area contributed by atoms with Crippen molar-refractivity contribution in [3.8, 4) is 5.75 Å². The molecule has 0 spiro atoms. The molecule has 1 heterocycles. The van der Waals surface area contributed by atoms with Crippen LogP contribution in [0, 0.1) is 5.82 Å². The number of hydrogen-bond donors (Lipinski definition) is 1. The van der Waals surface area contributed by atoms with Crippen molar-refractivity contribution in [2.75, 3.05) is 18.8 Å². The second-order valence-corrected chi connectivity index (χ2v) is 7.46. The van der Waals surface area contributed by atoms with Crippen molar-refractivity contribution in [3.05, 3.63) is 59.4 Å². The van der Waals surface area contributed by atoms with Crippen LogP contribution in [-0.4, -0.2) is 30.0 Å². The molecule has 0 atom stereocenters. The van der Waals surface area contributed by atoms with E-state index >= 15 is 0 Å². The molecule has 0 unspecified atom stereocenters. The number of nitrogen functional groups attached to an aromatic ring is 1. The van der Waals surface area contributed by atoms with Gasteiger partial charge in [0.1, 0.15) is 17.7 Å². The fourth-order valence-electron chi connectivity index (χ4n) is 2.86. The molecule has 3 rings (SSSR count). The molecule has 1 fully saturated rings. The molecule has 0 bridgehead atoms. The minimum Gasteiger partial charge on any atom is -0.486 e. The van der Waals surface area contributed by atoms with Crippen molar-refractivity contribution in [3.63, 3.8) is 0 Å². The maximum absolute atomic E-state index is 13.6. The Labute approximate surface area is 147 Å². The number of anilines is 1. The van der Waals surface area contributed by atoms with Gasteiger partial charge in [0, 0.05) is 16.8 Å². The summed E-state index contributed by atoms with van der Waals surface area (Å²) in [4.78, 5) is 14.1. The number of hydrogen-bond acceptors (Lipinski definition) is 3. The van der Waals surface area contributed by atoms with Gasteiger partial charge in [-0.3, -0.25) is 4.79 Å². The number of ether oxygens (including phenoxy) is 1. The number of nitrogens with zero attached hydrogens (tertiary/aromatic N) is 1. The molecule has 0 radical (unpaired) electrons. The summed E-state index contributed by atoms with van der Waals surface area (Å²) in [5.41, 5.74) is 7.50. The van der Waals surface area contributed by atoms with Gasteiger partial charge < -0.3 is 15.4 Å². The molecule has 5 heteroatoms. The van der Waals surface area contributed by atoms with Gasteiger partial charge in [0.05, 0.1) is 13.1 Å². The third-order valence-corrected chi connectivity index (χ3v) is 4.34. The summed E-state index contributed by atoms with van der Waals surface area (Å²) in [6, 6.07) is 11.5. The summed E-state index contributed by atoms with van der Waals surface area (Å²) in [6.45, 7) is 7.10. The summed E-state index contributed by atoms with van der Waals surface area (Å²) in [5, 5.41) is 0. The number of nitrogens with two attached hydrogens (primary N) is 1. The van der Waals surface area contributed by atoms with Gasteiger partial charge in [-0.1, -0.05) is 20.8 Å². The van der Waals surface area contributed by atoms with E-state index in [1.165, 1.54) is 12.1 Å². The topological polar surface area (TPSA) is 55.6 Å². The van der Waals surface area contributed by atoms with Crippen molar-refractivity contribution in [1.29, 1.82) is 0 Å². The van der Waals surface area contributed by atoms with E-state index in [2.05, 4.69) is 0 Å². The lowest BCUT2D eigenvalue weighted by molar-refractivity contribution is 0.0171. The lowest BCUT2D eigenvalue weighted by Crippen LogP contribution is -2.56. The predicted octanol–water partition coefficient (Wildman–Crippen LogP) is 3.61. The van der Waals surface area contributed by atoms with Crippen LogP contribution >= 0.6 is 0 Å². The average molecular weight is 342 g/mol. The molecular formula is C20H23FN2O2. The quantitative estimate of drug-likeness (QED) is 0.867. The Balaban J connectivity index is 1.64. The molecule has 0 aromatic heterocycles. The fourth-order valence-corrected chi connectivity index (χ4v) is 2.86. The average Bonchev–Trinajstić information content (AvgIpc) is 2.51. The van der Waals surface area contributed by atoms with E-state index in [0.717, 1.165) is 5.56 Å². The van der Waals surface area contributed by atoms with Gasteiger partial charge in [-0.2, -0.15) is 0 Å². The SMILES string of the molecule is CC(C)(C)c1cc(F)ccc1OC1CN(C(=O)c2ccc(N)cc2)C1. The summed E-state index contributed by atoms with van der Waals surface area (Å²) in [6.07, 6.45) is -0.0794. The van der Waals surface area contributed by atoms with Crippen LogP contribution in [0.4, 0.5) is 10.1 Å². The fraction of sp³-hybridized carbons (Fsp3) is 0.350. The van der Waals surface area contributed by atoms with Crippen LogP contribution < -0.4 is 10.5 Å². The number of halogens is 1. The number of benzene rings is 2. The predicted molar refractivity (Wildman–Crippen MR) is 96.3 cm³/mol. The Kier molecular flexibility index (Phi) is 4.41. The second kappa shape index (κ2) is 6.39. The lowest BCUT2D eigenvalue weighted by Gasteiger charge is -2.40. The van der Waals surface area contributed by atoms with E-state index in [0.29, 0.717) is 30.1 Å². The van der Waals surface area contributed by atoms with Crippen molar-refractivity contribution >= 4 is 11.6 Å². The van der Waals surface area contributed by atoms with Gasteiger partial charge in [-0.15, -0.1) is 0 Å². The Morgan fingerprint density at radius 2 is 1.80 bits per heavy atom. The van der Waals surface area contributed by atoms with E-state index in [1.54, 1.807) is 35.2 Å². The van der Waals surface area contributed by atoms with E-state index in [4.69, 9.17) is 10.5 Å². The Morgan fingerprint density at radius 3 is 2.40 bits per heavy atom. The second-order valence-electron chi connectivity index (χ2n) is 7.46. The maximum atomic E-state index is 13.6. The van der Waals surface area contributed by atoms with Gasteiger partial charge >= 0.3 is 0 Å². The summed E-state index contributed by atoms with van der Waals surface area (Å²) in [7, 11) is 0. The molecule has 0 saturated carbocycles. The molecule has 2 aromatic rings. The van der Waals surface area contributed by atoms with Gasteiger partial charge in [0.25, 0.3) is 5.91 Å². The smallest absolute Gasteiger partial charge is 0.254 e. The standard InChI is InChI=1S/C20H23FN2O2/c1-20(2,3)17-10-14(21)6-9-18(17)25-16-11-23(12-16)19(24)13-4-7-15(22)8-5-13/h4-10,16H,11-12,22H2,1-3H3. The van der Waals surface area contributed by atoms with Crippen LogP contribution in [0.3, 0.4) is 0 Å². The summed E-state index contributed by atoms with van der Waals surface area (Å²) in [5.74, 6) is 0.375. The third-order valence-electron chi connectivity index (χ3n) is 4.34. The minimum absolute atomic E-state index is 0.0324. The highest BCUT2D eigenvalue weighted by atomic mass is 19.1.